The number of rotatable bonds is 9. The first-order valence-electron chi connectivity index (χ1n) is 7.50. The number of nitrogens with one attached hydrogen (secondary N) is 1. The minimum Gasteiger partial charge on any atom is -0.369 e. The molecule has 3 N–H and O–H groups in total. The van der Waals surface area contributed by atoms with Crippen LogP contribution >= 0.6 is 34.9 Å². The summed E-state index contributed by atoms with van der Waals surface area (Å²) in [6.45, 7) is -0.132. The summed E-state index contributed by atoms with van der Waals surface area (Å²) in [5.41, 5.74) is 5.52. The molecule has 0 aliphatic heterocycles. The molecule has 0 aliphatic rings. The first-order chi connectivity index (χ1) is 12.8. The number of amides is 3. The third-order valence-electron chi connectivity index (χ3n) is 2.98. The largest absolute Gasteiger partial charge is 0.369 e. The Hall–Kier alpha value is -2.18. The Kier molecular flexibility index (Phi) is 8.00. The monoisotopic (exact) mass is 429 g/mol. The van der Waals surface area contributed by atoms with E-state index in [1.807, 2.05) is 0 Å². The number of aromatic nitrogens is 2. The lowest BCUT2D eigenvalue weighted by Crippen LogP contribution is -2.35. The number of likely N-dealkylation sites (N-methyl/N-ethyl adjacent to an activating group) is 1. The summed E-state index contributed by atoms with van der Waals surface area (Å²) in [4.78, 5) is 36.1. The summed E-state index contributed by atoms with van der Waals surface area (Å²) in [6.07, 6.45) is 0. The lowest BCUT2D eigenvalue weighted by Gasteiger charge is -2.16. The predicted octanol–water partition coefficient (Wildman–Crippen LogP) is 1.44. The minimum absolute atomic E-state index is 0.0927. The van der Waals surface area contributed by atoms with Crippen LogP contribution in [0.1, 0.15) is 0 Å². The molecule has 0 unspecified atom stereocenters. The molecule has 0 saturated carbocycles. The van der Waals surface area contributed by atoms with E-state index in [4.69, 9.17) is 5.73 Å². The number of nitrogens with zero attached hydrogens (tertiary/aromatic N) is 3. The van der Waals surface area contributed by atoms with Crippen LogP contribution in [0.25, 0.3) is 0 Å². The third kappa shape index (κ3) is 7.53. The van der Waals surface area contributed by atoms with Crippen molar-refractivity contribution in [3.63, 3.8) is 0 Å². The maximum Gasteiger partial charge on any atom is 0.243 e. The molecule has 1 heterocycles. The maximum absolute atomic E-state index is 12.8. The van der Waals surface area contributed by atoms with Crippen molar-refractivity contribution < 1.29 is 18.8 Å². The summed E-state index contributed by atoms with van der Waals surface area (Å²) in [6, 6.07) is 5.35. The van der Waals surface area contributed by atoms with E-state index in [0.717, 1.165) is 0 Å². The molecule has 0 aliphatic carbocycles. The van der Waals surface area contributed by atoms with E-state index < -0.39 is 11.7 Å². The number of hydrogen-bond donors (Lipinski definition) is 2. The van der Waals surface area contributed by atoms with Crippen molar-refractivity contribution in [3.05, 3.63) is 30.1 Å². The number of carbonyl (C=O) groups excluding carboxylic acids is 3. The third-order valence-corrected chi connectivity index (χ3v) is 6.18. The van der Waals surface area contributed by atoms with E-state index in [1.54, 1.807) is 0 Å². The summed E-state index contributed by atoms with van der Waals surface area (Å²) in [5.74, 6) is -1.27. The molecule has 12 heteroatoms. The molecular weight excluding hydrogens is 413 g/mol. The molecule has 0 spiro atoms. The van der Waals surface area contributed by atoms with Crippen LogP contribution in [0.4, 0.5) is 10.1 Å². The van der Waals surface area contributed by atoms with Gasteiger partial charge in [-0.05, 0) is 24.3 Å². The van der Waals surface area contributed by atoms with Crippen molar-refractivity contribution in [3.8, 4) is 0 Å². The van der Waals surface area contributed by atoms with Crippen molar-refractivity contribution in [1.82, 2.24) is 15.1 Å². The van der Waals surface area contributed by atoms with Crippen molar-refractivity contribution in [2.24, 2.45) is 5.73 Å². The second-order valence-electron chi connectivity index (χ2n) is 5.18. The Balaban J connectivity index is 1.75. The standard InChI is InChI=1S/C15H16FN5O3S3/c1-21(6-12(23)18-10-4-2-9(16)3-5-10)13(24)8-26-15-20-19-14(27-15)25-7-11(17)22/h2-5H,6-8H2,1H3,(H2,17,22)(H,18,23). The van der Waals surface area contributed by atoms with Gasteiger partial charge in [0.25, 0.3) is 0 Å². The Morgan fingerprint density at radius 2 is 1.74 bits per heavy atom. The van der Waals surface area contributed by atoms with Crippen LogP contribution in [0.5, 0.6) is 0 Å². The fourth-order valence-corrected chi connectivity index (χ4v) is 4.42. The van der Waals surface area contributed by atoms with Crippen LogP contribution in [0.15, 0.2) is 32.9 Å². The number of anilines is 1. The van der Waals surface area contributed by atoms with Crippen molar-refractivity contribution >= 4 is 58.3 Å². The van der Waals surface area contributed by atoms with E-state index in [-0.39, 0.29) is 29.9 Å². The second kappa shape index (κ2) is 10.2. The summed E-state index contributed by atoms with van der Waals surface area (Å²) < 4.78 is 14.0. The van der Waals surface area contributed by atoms with Crippen molar-refractivity contribution in [1.29, 1.82) is 0 Å². The fraction of sp³-hybridized carbons (Fsp3) is 0.267. The lowest BCUT2D eigenvalue weighted by molar-refractivity contribution is -0.131. The van der Waals surface area contributed by atoms with Gasteiger partial charge in [0.15, 0.2) is 8.68 Å². The van der Waals surface area contributed by atoms with Gasteiger partial charge in [0.05, 0.1) is 18.1 Å². The number of carbonyl (C=O) groups is 3. The van der Waals surface area contributed by atoms with Crippen LogP contribution in [-0.2, 0) is 14.4 Å². The molecule has 8 nitrogen and oxygen atoms in total. The van der Waals surface area contributed by atoms with Gasteiger partial charge in [-0.2, -0.15) is 0 Å². The number of hydrogen-bond acceptors (Lipinski definition) is 8. The summed E-state index contributed by atoms with van der Waals surface area (Å²) in [5, 5.41) is 10.4. The van der Waals surface area contributed by atoms with Crippen LogP contribution in [0.2, 0.25) is 0 Å². The van der Waals surface area contributed by atoms with Crippen LogP contribution < -0.4 is 11.1 Å². The van der Waals surface area contributed by atoms with Crippen molar-refractivity contribution in [2.45, 2.75) is 8.68 Å². The smallest absolute Gasteiger partial charge is 0.243 e. The van der Waals surface area contributed by atoms with E-state index in [1.165, 1.54) is 71.1 Å². The van der Waals surface area contributed by atoms with Gasteiger partial charge in [0.2, 0.25) is 17.7 Å². The number of benzene rings is 1. The zero-order valence-corrected chi connectivity index (χ0v) is 16.6. The van der Waals surface area contributed by atoms with Gasteiger partial charge < -0.3 is 16.0 Å². The van der Waals surface area contributed by atoms with Gasteiger partial charge in [-0.15, -0.1) is 10.2 Å². The molecule has 0 atom stereocenters. The summed E-state index contributed by atoms with van der Waals surface area (Å²) >= 11 is 3.64. The van der Waals surface area contributed by atoms with Gasteiger partial charge in [-0.25, -0.2) is 4.39 Å². The van der Waals surface area contributed by atoms with Crippen LogP contribution in [-0.4, -0.2) is 57.9 Å². The fourth-order valence-electron chi connectivity index (χ4n) is 1.72. The highest BCUT2D eigenvalue weighted by atomic mass is 32.2. The highest BCUT2D eigenvalue weighted by Gasteiger charge is 2.15. The maximum atomic E-state index is 12.8. The van der Waals surface area contributed by atoms with Gasteiger partial charge in [-0.1, -0.05) is 34.9 Å². The Morgan fingerprint density at radius 3 is 2.33 bits per heavy atom. The van der Waals surface area contributed by atoms with Gasteiger partial charge >= 0.3 is 0 Å². The van der Waals surface area contributed by atoms with E-state index in [2.05, 4.69) is 15.5 Å². The molecule has 0 radical (unpaired) electrons. The average molecular weight is 430 g/mol. The van der Waals surface area contributed by atoms with Gasteiger partial charge in [-0.3, -0.25) is 14.4 Å². The molecule has 1 aromatic heterocycles. The number of primary amides is 1. The van der Waals surface area contributed by atoms with Gasteiger partial charge in [0.1, 0.15) is 5.82 Å². The molecule has 3 amide bonds. The topological polar surface area (TPSA) is 118 Å². The number of nitrogens with two attached hydrogens (primary N) is 1. The lowest BCUT2D eigenvalue weighted by atomic mass is 10.3. The molecule has 0 fully saturated rings. The molecular formula is C15H16FN5O3S3. The number of halogens is 1. The normalized spacial score (nSPS) is 10.4. The zero-order chi connectivity index (χ0) is 19.8. The molecule has 27 heavy (non-hydrogen) atoms. The Morgan fingerprint density at radius 1 is 1.15 bits per heavy atom. The van der Waals surface area contributed by atoms with Gasteiger partial charge in [0, 0.05) is 12.7 Å². The average Bonchev–Trinajstić information content (AvgIpc) is 3.07. The zero-order valence-electron chi connectivity index (χ0n) is 14.2. The SMILES string of the molecule is CN(CC(=O)Nc1ccc(F)cc1)C(=O)CSc1nnc(SCC(N)=O)s1. The number of thioether (sulfide) groups is 2. The quantitative estimate of drug-likeness (QED) is 0.579. The second-order valence-corrected chi connectivity index (χ2v) is 8.60. The summed E-state index contributed by atoms with van der Waals surface area (Å²) in [7, 11) is 1.52. The highest BCUT2D eigenvalue weighted by Crippen LogP contribution is 2.28. The molecule has 2 aromatic rings. The molecule has 0 bridgehead atoms. The first kappa shape index (κ1) is 21.1. The Labute approximate surface area is 167 Å². The van der Waals surface area contributed by atoms with Crippen LogP contribution in [0.3, 0.4) is 0 Å². The molecule has 0 saturated heterocycles. The van der Waals surface area contributed by atoms with E-state index in [0.29, 0.717) is 14.4 Å². The molecule has 2 rings (SSSR count). The first-order valence-corrected chi connectivity index (χ1v) is 10.3. The highest BCUT2D eigenvalue weighted by molar-refractivity contribution is 8.03. The van der Waals surface area contributed by atoms with E-state index >= 15 is 0 Å². The predicted molar refractivity (Wildman–Crippen MR) is 103 cm³/mol. The molecule has 1 aromatic carbocycles. The van der Waals surface area contributed by atoms with Crippen LogP contribution in [0, 0.1) is 5.82 Å². The van der Waals surface area contributed by atoms with Crippen molar-refractivity contribution in [2.75, 3.05) is 30.4 Å². The molecule has 144 valence electrons. The minimum atomic E-state index is -0.444. The van der Waals surface area contributed by atoms with E-state index in [9.17, 15) is 18.8 Å². The Bertz CT molecular complexity index is 815.